The topological polar surface area (TPSA) is 155 Å². The number of hydrogen-bond donors (Lipinski definition) is 4. The Balaban J connectivity index is 0.893. The molecule has 1 atom stereocenters. The first-order valence-electron chi connectivity index (χ1n) is 19.7. The number of benzene rings is 3. The molecule has 18 heteroatoms. The molecule has 0 aliphatic carbocycles. The van der Waals surface area contributed by atoms with Crippen molar-refractivity contribution in [1.29, 1.82) is 0 Å². The van der Waals surface area contributed by atoms with Gasteiger partial charge in [-0.1, -0.05) is 30.3 Å². The van der Waals surface area contributed by atoms with Gasteiger partial charge in [-0.3, -0.25) is 29.0 Å². The van der Waals surface area contributed by atoms with Crippen molar-refractivity contribution in [3.63, 3.8) is 0 Å². The Morgan fingerprint density at radius 1 is 0.915 bits per heavy atom. The average molecular weight is 835 g/mol. The third-order valence-electron chi connectivity index (χ3n) is 11.2. The average Bonchev–Trinajstić information content (AvgIpc) is 3.21. The smallest absolute Gasteiger partial charge is 0.373 e. The Morgan fingerprint density at radius 2 is 1.64 bits per heavy atom. The number of carbonyl (C=O) groups is 2. The maximum atomic E-state index is 13.9. The summed E-state index contributed by atoms with van der Waals surface area (Å²) in [6, 6.07) is 22.3. The summed E-state index contributed by atoms with van der Waals surface area (Å²) >= 11 is 0. The van der Waals surface area contributed by atoms with E-state index in [2.05, 4.69) is 52.0 Å². The Bertz CT molecular complexity index is 2230. The number of alkyl halides is 3. The number of sulfonamides is 1. The van der Waals surface area contributed by atoms with Gasteiger partial charge in [0, 0.05) is 95.1 Å². The van der Waals surface area contributed by atoms with Gasteiger partial charge in [0.2, 0.25) is 27.8 Å². The molecule has 0 saturated carbocycles. The molecule has 4 N–H and O–H groups in total. The van der Waals surface area contributed by atoms with Crippen LogP contribution in [-0.4, -0.2) is 105 Å². The van der Waals surface area contributed by atoms with Gasteiger partial charge in [-0.05, 0) is 72.9 Å². The predicted octanol–water partition coefficient (Wildman–Crippen LogP) is 5.25. The third kappa shape index (κ3) is 10.6. The third-order valence-corrected chi connectivity index (χ3v) is 12.4. The highest BCUT2D eigenvalue weighted by Gasteiger charge is 2.35. The van der Waals surface area contributed by atoms with E-state index in [1.54, 1.807) is 24.3 Å². The second kappa shape index (κ2) is 17.8. The Morgan fingerprint density at radius 3 is 2.34 bits per heavy atom. The highest BCUT2D eigenvalue weighted by molar-refractivity contribution is 7.92. The van der Waals surface area contributed by atoms with Gasteiger partial charge < -0.3 is 20.9 Å². The first-order chi connectivity index (χ1) is 28.2. The fourth-order valence-electron chi connectivity index (χ4n) is 7.74. The molecule has 0 spiro atoms. The molecule has 0 bridgehead atoms. The molecule has 3 aromatic carbocycles. The fourth-order valence-corrected chi connectivity index (χ4v) is 8.24. The minimum atomic E-state index is -4.70. The molecular weight excluding hydrogens is 786 g/mol. The summed E-state index contributed by atoms with van der Waals surface area (Å²) in [4.78, 5) is 39.4. The van der Waals surface area contributed by atoms with E-state index in [0.29, 0.717) is 35.8 Å². The summed E-state index contributed by atoms with van der Waals surface area (Å²) in [7, 11) is -2.11. The highest BCUT2D eigenvalue weighted by atomic mass is 32.2. The fraction of sp³-hybridized carbons (Fsp3) is 0.415. The SMILES string of the molecule is CN(c1cccc(CNc2nc(Nc3ccc(N4CCC(N5CCN(Cc6ccccc6NC6CCC(=O)NC6=O)CC5)CC4)cc3)ncc2C(F)(F)F)c1)S(C)(=O)=O. The van der Waals surface area contributed by atoms with Crippen LogP contribution in [0.4, 0.5) is 47.7 Å². The van der Waals surface area contributed by atoms with Crippen LogP contribution < -0.4 is 30.5 Å². The number of amides is 2. The molecule has 1 unspecified atom stereocenters. The molecule has 1 aromatic heterocycles. The number of piperidine rings is 2. The van der Waals surface area contributed by atoms with E-state index >= 15 is 0 Å². The molecule has 3 fully saturated rings. The molecule has 2 amide bonds. The van der Waals surface area contributed by atoms with Gasteiger partial charge in [0.1, 0.15) is 17.4 Å². The number of piperazine rings is 1. The summed E-state index contributed by atoms with van der Waals surface area (Å²) < 4.78 is 66.8. The van der Waals surface area contributed by atoms with Crippen molar-refractivity contribution in [2.24, 2.45) is 0 Å². The summed E-state index contributed by atoms with van der Waals surface area (Å²) in [5.41, 5.74) is 3.67. The van der Waals surface area contributed by atoms with Crippen LogP contribution in [0.3, 0.4) is 0 Å². The van der Waals surface area contributed by atoms with Gasteiger partial charge in [0.05, 0.1) is 11.9 Å². The van der Waals surface area contributed by atoms with Crippen LogP contribution in [0.1, 0.15) is 42.4 Å². The largest absolute Gasteiger partial charge is 0.421 e. The number of hydrogen-bond acceptors (Lipinski definition) is 12. The lowest BCUT2D eigenvalue weighted by molar-refractivity contribution is -0.137. The number of aromatic nitrogens is 2. The van der Waals surface area contributed by atoms with Crippen molar-refractivity contribution in [2.75, 3.05) is 77.7 Å². The molecule has 314 valence electrons. The van der Waals surface area contributed by atoms with Crippen molar-refractivity contribution >= 4 is 56.4 Å². The number of halogens is 3. The van der Waals surface area contributed by atoms with Gasteiger partial charge in [-0.25, -0.2) is 13.4 Å². The Hall–Kier alpha value is -5.46. The summed E-state index contributed by atoms with van der Waals surface area (Å²) in [6.07, 6.45) is -0.00192. The minimum absolute atomic E-state index is 0.00665. The van der Waals surface area contributed by atoms with Crippen molar-refractivity contribution in [3.05, 3.63) is 95.7 Å². The monoisotopic (exact) mass is 834 g/mol. The lowest BCUT2D eigenvalue weighted by Crippen LogP contribution is -2.53. The molecule has 0 radical (unpaired) electrons. The summed E-state index contributed by atoms with van der Waals surface area (Å²) in [5, 5.41) is 11.6. The van der Waals surface area contributed by atoms with Crippen LogP contribution in [0.5, 0.6) is 0 Å². The van der Waals surface area contributed by atoms with Crippen LogP contribution in [0.15, 0.2) is 79.0 Å². The van der Waals surface area contributed by atoms with Crippen molar-refractivity contribution in [1.82, 2.24) is 25.1 Å². The van der Waals surface area contributed by atoms with E-state index in [1.165, 1.54) is 7.05 Å². The van der Waals surface area contributed by atoms with Gasteiger partial charge >= 0.3 is 6.18 Å². The molecule has 14 nitrogen and oxygen atoms in total. The number of nitrogens with one attached hydrogen (secondary N) is 4. The van der Waals surface area contributed by atoms with E-state index in [0.717, 1.165) is 92.4 Å². The number of anilines is 6. The van der Waals surface area contributed by atoms with Gasteiger partial charge in [-0.15, -0.1) is 0 Å². The lowest BCUT2D eigenvalue weighted by Gasteiger charge is -2.43. The molecule has 3 saturated heterocycles. The first-order valence-corrected chi connectivity index (χ1v) is 21.5. The second-order valence-corrected chi connectivity index (χ2v) is 17.2. The van der Waals surface area contributed by atoms with Gasteiger partial charge in [0.25, 0.3) is 0 Å². The highest BCUT2D eigenvalue weighted by Crippen LogP contribution is 2.35. The van der Waals surface area contributed by atoms with Crippen molar-refractivity contribution in [3.8, 4) is 0 Å². The molecule has 59 heavy (non-hydrogen) atoms. The molecular formula is C41H49F3N10O4S. The van der Waals surface area contributed by atoms with E-state index < -0.39 is 33.6 Å². The number of para-hydroxylation sites is 1. The maximum Gasteiger partial charge on any atom is 0.421 e. The number of rotatable bonds is 13. The Labute approximate surface area is 342 Å². The van der Waals surface area contributed by atoms with Crippen LogP contribution >= 0.6 is 0 Å². The number of carbonyl (C=O) groups excluding carboxylic acids is 2. The number of imide groups is 1. The molecule has 4 heterocycles. The summed E-state index contributed by atoms with van der Waals surface area (Å²) in [6.45, 7) is 6.40. The van der Waals surface area contributed by atoms with E-state index in [9.17, 15) is 31.2 Å². The van der Waals surface area contributed by atoms with Crippen LogP contribution in [0, 0.1) is 0 Å². The van der Waals surface area contributed by atoms with Crippen LogP contribution in [-0.2, 0) is 38.9 Å². The molecule has 3 aliphatic heterocycles. The van der Waals surface area contributed by atoms with Gasteiger partial charge in [0.15, 0.2) is 0 Å². The zero-order chi connectivity index (χ0) is 41.7. The van der Waals surface area contributed by atoms with E-state index in [4.69, 9.17) is 0 Å². The quantitative estimate of drug-likeness (QED) is 0.130. The second-order valence-electron chi connectivity index (χ2n) is 15.2. The van der Waals surface area contributed by atoms with Crippen LogP contribution in [0.25, 0.3) is 0 Å². The number of nitrogens with zero attached hydrogens (tertiary/aromatic N) is 6. The van der Waals surface area contributed by atoms with Crippen molar-refractivity contribution < 1.29 is 31.2 Å². The minimum Gasteiger partial charge on any atom is -0.373 e. The van der Waals surface area contributed by atoms with E-state index in [-0.39, 0.29) is 24.3 Å². The zero-order valence-corrected chi connectivity index (χ0v) is 33.8. The molecule has 4 aromatic rings. The molecule has 7 rings (SSSR count). The summed E-state index contributed by atoms with van der Waals surface area (Å²) in [5.74, 6) is -0.910. The first kappa shape index (κ1) is 41.7. The standard InChI is InChI=1S/C41H49F3N10O4S/c1-51(59(2,57)58)33-8-5-6-28(24-33)25-45-38-34(41(42,43)44)26-46-40(50-38)47-30-10-12-31(13-11-30)53-18-16-32(17-19-53)54-22-20-52(21-23-54)27-29-7-3-4-9-35(29)48-36-14-15-37(55)49-39(36)56/h3-13,24,26,32,36,48H,14-23,25,27H2,1-2H3,(H,49,55,56)(H2,45,46,47,50). The lowest BCUT2D eigenvalue weighted by atomic mass is 10.0. The Kier molecular flexibility index (Phi) is 12.6. The van der Waals surface area contributed by atoms with Crippen molar-refractivity contribution in [2.45, 2.75) is 57.0 Å². The normalized spacial score (nSPS) is 18.7. The zero-order valence-electron chi connectivity index (χ0n) is 33.0. The van der Waals surface area contributed by atoms with E-state index in [1.807, 2.05) is 42.5 Å². The van der Waals surface area contributed by atoms with Crippen LogP contribution in [0.2, 0.25) is 0 Å². The molecule has 3 aliphatic rings. The predicted molar refractivity (Wildman–Crippen MR) is 222 cm³/mol. The van der Waals surface area contributed by atoms with Gasteiger partial charge in [-0.2, -0.15) is 18.2 Å². The maximum absolute atomic E-state index is 13.9.